The summed E-state index contributed by atoms with van der Waals surface area (Å²) in [5.41, 5.74) is 0.687. The van der Waals surface area contributed by atoms with Crippen LogP contribution in [0.3, 0.4) is 0 Å². The zero-order valence-electron chi connectivity index (χ0n) is 10.6. The molecule has 0 radical (unpaired) electrons. The Morgan fingerprint density at radius 3 is 2.95 bits per heavy atom. The van der Waals surface area contributed by atoms with Crippen LogP contribution in [0.2, 0.25) is 0 Å². The number of ether oxygens (including phenoxy) is 1. The minimum absolute atomic E-state index is 0.250. The summed E-state index contributed by atoms with van der Waals surface area (Å²) in [4.78, 5) is 4.12. The molecule has 2 rings (SSSR count). The van der Waals surface area contributed by atoms with E-state index in [0.717, 1.165) is 18.8 Å². The van der Waals surface area contributed by atoms with Crippen LogP contribution in [0.15, 0.2) is 24.5 Å². The maximum Gasteiger partial charge on any atom is 0.164 e. The van der Waals surface area contributed by atoms with Gasteiger partial charge < -0.3 is 4.74 Å². The Morgan fingerprint density at radius 1 is 1.37 bits per heavy atom. The van der Waals surface area contributed by atoms with E-state index in [1.807, 2.05) is 0 Å². The number of aromatic nitrogens is 3. The van der Waals surface area contributed by atoms with Crippen LogP contribution in [0.4, 0.5) is 4.39 Å². The molecule has 0 aliphatic carbocycles. The molecule has 1 aromatic carbocycles. The van der Waals surface area contributed by atoms with Crippen molar-refractivity contribution in [2.24, 2.45) is 0 Å². The van der Waals surface area contributed by atoms with Crippen molar-refractivity contribution in [2.45, 2.75) is 32.4 Å². The smallest absolute Gasteiger partial charge is 0.164 e. The van der Waals surface area contributed by atoms with Gasteiger partial charge in [0.15, 0.2) is 5.82 Å². The van der Waals surface area contributed by atoms with Crippen LogP contribution >= 0.6 is 11.6 Å². The number of hydrogen-bond acceptors (Lipinski definition) is 3. The number of hydrogen-bond donors (Lipinski definition) is 0. The first-order chi connectivity index (χ1) is 9.22. The first-order valence-corrected chi connectivity index (χ1v) is 6.61. The summed E-state index contributed by atoms with van der Waals surface area (Å²) in [5.74, 6) is 1.06. The third-order valence-electron chi connectivity index (χ3n) is 2.58. The van der Waals surface area contributed by atoms with Crippen molar-refractivity contribution in [3.63, 3.8) is 0 Å². The lowest BCUT2D eigenvalue weighted by Gasteiger charge is -2.08. The molecule has 0 bridgehead atoms. The molecule has 0 saturated carbocycles. The highest BCUT2D eigenvalue weighted by molar-refractivity contribution is 6.17. The minimum atomic E-state index is -0.358. The quantitative estimate of drug-likeness (QED) is 0.765. The Hall–Kier alpha value is -1.62. The fourth-order valence-electron chi connectivity index (χ4n) is 1.73. The van der Waals surface area contributed by atoms with E-state index in [-0.39, 0.29) is 18.3 Å². The van der Waals surface area contributed by atoms with Crippen molar-refractivity contribution in [2.75, 3.05) is 0 Å². The van der Waals surface area contributed by atoms with Gasteiger partial charge in [0.25, 0.3) is 0 Å². The molecule has 102 valence electrons. The van der Waals surface area contributed by atoms with Crippen LogP contribution in [-0.4, -0.2) is 14.8 Å². The second-order valence-electron chi connectivity index (χ2n) is 4.12. The van der Waals surface area contributed by atoms with Crippen LogP contribution in [-0.2, 0) is 19.0 Å². The molecule has 0 spiro atoms. The molecule has 0 aliphatic heterocycles. The summed E-state index contributed by atoms with van der Waals surface area (Å²) in [6.07, 6.45) is 2.46. The third kappa shape index (κ3) is 3.67. The van der Waals surface area contributed by atoms with Gasteiger partial charge in [0.05, 0.1) is 0 Å². The summed E-state index contributed by atoms with van der Waals surface area (Å²) in [6, 6.07) is 4.44. The predicted molar refractivity (Wildman–Crippen MR) is 70.6 cm³/mol. The molecule has 1 aromatic heterocycles. The highest BCUT2D eigenvalue weighted by Gasteiger charge is 2.06. The first kappa shape index (κ1) is 13.8. The largest absolute Gasteiger partial charge is 0.486 e. The Balaban J connectivity index is 2.05. The number of benzene rings is 1. The Bertz CT molecular complexity index is 544. The molecule has 1 heterocycles. The standard InChI is InChI=1S/C13H15ClFN3O/c1-2-3-18-13(16-9-17-18)8-19-12-5-10(7-14)4-11(15)6-12/h4-6,9H,2-3,7-8H2,1H3. The lowest BCUT2D eigenvalue weighted by molar-refractivity contribution is 0.284. The number of rotatable bonds is 6. The summed E-state index contributed by atoms with van der Waals surface area (Å²) in [5, 5.41) is 4.10. The molecule has 2 aromatic rings. The van der Waals surface area contributed by atoms with E-state index in [4.69, 9.17) is 16.3 Å². The van der Waals surface area contributed by atoms with Gasteiger partial charge in [-0.3, -0.25) is 0 Å². The minimum Gasteiger partial charge on any atom is -0.486 e. The summed E-state index contributed by atoms with van der Waals surface area (Å²) in [7, 11) is 0. The van der Waals surface area contributed by atoms with Gasteiger partial charge in [-0.05, 0) is 24.1 Å². The topological polar surface area (TPSA) is 39.9 Å². The van der Waals surface area contributed by atoms with Crippen molar-refractivity contribution < 1.29 is 9.13 Å². The molecule has 4 nitrogen and oxygen atoms in total. The van der Waals surface area contributed by atoms with Gasteiger partial charge in [0.1, 0.15) is 24.5 Å². The van der Waals surface area contributed by atoms with Crippen LogP contribution in [0, 0.1) is 5.82 Å². The van der Waals surface area contributed by atoms with Gasteiger partial charge in [0, 0.05) is 18.5 Å². The van der Waals surface area contributed by atoms with Crippen LogP contribution in [0.5, 0.6) is 5.75 Å². The second-order valence-corrected chi connectivity index (χ2v) is 4.38. The number of halogens is 2. The summed E-state index contributed by atoms with van der Waals surface area (Å²) >= 11 is 5.69. The molecule has 0 N–H and O–H groups in total. The SMILES string of the molecule is CCCn1ncnc1COc1cc(F)cc(CCl)c1. The van der Waals surface area contributed by atoms with E-state index in [9.17, 15) is 4.39 Å². The number of aryl methyl sites for hydroxylation is 1. The zero-order chi connectivity index (χ0) is 13.7. The highest BCUT2D eigenvalue weighted by atomic mass is 35.5. The zero-order valence-corrected chi connectivity index (χ0v) is 11.4. The van der Waals surface area contributed by atoms with Crippen molar-refractivity contribution in [1.29, 1.82) is 0 Å². The Morgan fingerprint density at radius 2 is 2.21 bits per heavy atom. The molecule has 0 amide bonds. The van der Waals surface area contributed by atoms with Crippen LogP contribution in [0.1, 0.15) is 24.7 Å². The molecule has 0 saturated heterocycles. The molecule has 19 heavy (non-hydrogen) atoms. The predicted octanol–water partition coefficient (Wildman–Crippen LogP) is 3.15. The monoisotopic (exact) mass is 283 g/mol. The van der Waals surface area contributed by atoms with E-state index < -0.39 is 0 Å². The lowest BCUT2D eigenvalue weighted by Crippen LogP contribution is -2.08. The van der Waals surface area contributed by atoms with Crippen LogP contribution < -0.4 is 4.74 Å². The Labute approximate surface area is 116 Å². The van der Waals surface area contributed by atoms with Crippen molar-refractivity contribution in [3.8, 4) is 5.75 Å². The molecule has 0 unspecified atom stereocenters. The molecular formula is C13H15ClFN3O. The molecule has 0 fully saturated rings. The molecular weight excluding hydrogens is 269 g/mol. The van der Waals surface area contributed by atoms with E-state index in [0.29, 0.717) is 11.3 Å². The van der Waals surface area contributed by atoms with Gasteiger partial charge in [-0.1, -0.05) is 6.92 Å². The van der Waals surface area contributed by atoms with Gasteiger partial charge in [-0.2, -0.15) is 5.10 Å². The fourth-order valence-corrected chi connectivity index (χ4v) is 1.88. The van der Waals surface area contributed by atoms with E-state index >= 15 is 0 Å². The molecule has 0 aliphatic rings. The fraction of sp³-hybridized carbons (Fsp3) is 0.385. The Kier molecular flexibility index (Phi) is 4.74. The molecule has 0 atom stereocenters. The van der Waals surface area contributed by atoms with Gasteiger partial charge in [-0.25, -0.2) is 14.1 Å². The first-order valence-electron chi connectivity index (χ1n) is 6.08. The van der Waals surface area contributed by atoms with Gasteiger partial charge in [-0.15, -0.1) is 11.6 Å². The number of alkyl halides is 1. The average molecular weight is 284 g/mol. The summed E-state index contributed by atoms with van der Waals surface area (Å²) < 4.78 is 20.6. The lowest BCUT2D eigenvalue weighted by atomic mass is 10.2. The van der Waals surface area contributed by atoms with Crippen molar-refractivity contribution >= 4 is 11.6 Å². The van der Waals surface area contributed by atoms with E-state index in [1.165, 1.54) is 18.5 Å². The highest BCUT2D eigenvalue weighted by Crippen LogP contribution is 2.18. The van der Waals surface area contributed by atoms with E-state index in [2.05, 4.69) is 17.0 Å². The van der Waals surface area contributed by atoms with Crippen molar-refractivity contribution in [1.82, 2.24) is 14.8 Å². The van der Waals surface area contributed by atoms with Crippen LogP contribution in [0.25, 0.3) is 0 Å². The maximum absolute atomic E-state index is 13.3. The van der Waals surface area contributed by atoms with E-state index in [1.54, 1.807) is 10.7 Å². The van der Waals surface area contributed by atoms with Crippen molar-refractivity contribution in [3.05, 3.63) is 41.7 Å². The molecule has 6 heteroatoms. The summed E-state index contributed by atoms with van der Waals surface area (Å²) in [6.45, 7) is 3.10. The third-order valence-corrected chi connectivity index (χ3v) is 2.89. The second kappa shape index (κ2) is 6.52. The van der Waals surface area contributed by atoms with Gasteiger partial charge in [0.2, 0.25) is 0 Å². The average Bonchev–Trinajstić information content (AvgIpc) is 2.83. The maximum atomic E-state index is 13.3. The number of nitrogens with zero attached hydrogens (tertiary/aromatic N) is 3. The normalized spacial score (nSPS) is 10.7. The van der Waals surface area contributed by atoms with Gasteiger partial charge >= 0.3 is 0 Å².